The number of benzene rings is 3. The standard InChI is InChI=1S/C34H38FN4O7P/c1-22(2)19-29(39-34(44)33(43)37-27-16-10-9-15-26(27)35)32(42)38-28(20-23-17-18-36-31(23)41)30(40)21-46-47(45,24-11-5-3-6-12-24)25-13-7-4-8-14-25/h3-16,22-23,28-29H,17-21H2,1-2H3,(H,36,41)(H,37,43)(H,38,42)(H,39,44)/t23-,28?,29-/m0/s1. The van der Waals surface area contributed by atoms with Crippen molar-refractivity contribution in [3.63, 3.8) is 0 Å². The molecule has 3 aromatic carbocycles. The Kier molecular flexibility index (Phi) is 12.2. The highest BCUT2D eigenvalue weighted by Crippen LogP contribution is 2.44. The van der Waals surface area contributed by atoms with Gasteiger partial charge in [0.05, 0.1) is 11.7 Å². The molecular weight excluding hydrogens is 626 g/mol. The summed E-state index contributed by atoms with van der Waals surface area (Å²) in [4.78, 5) is 65.1. The number of ketones is 1. The molecule has 4 amide bonds. The number of anilines is 1. The third kappa shape index (κ3) is 9.43. The summed E-state index contributed by atoms with van der Waals surface area (Å²) in [6.07, 6.45) is 0.480. The fourth-order valence-electron chi connectivity index (χ4n) is 5.17. The van der Waals surface area contributed by atoms with Gasteiger partial charge in [0.2, 0.25) is 11.8 Å². The molecule has 0 radical (unpaired) electrons. The van der Waals surface area contributed by atoms with E-state index in [1.165, 1.54) is 18.2 Å². The summed E-state index contributed by atoms with van der Waals surface area (Å²) >= 11 is 0. The Hall–Kier alpha value is -4.67. The maximum absolute atomic E-state index is 14.3. The zero-order chi connectivity index (χ0) is 34.0. The van der Waals surface area contributed by atoms with Crippen LogP contribution in [0.25, 0.3) is 0 Å². The predicted octanol–water partition coefficient (Wildman–Crippen LogP) is 2.82. The second-order valence-corrected chi connectivity index (χ2v) is 14.0. The van der Waals surface area contributed by atoms with E-state index in [0.717, 1.165) is 6.07 Å². The van der Waals surface area contributed by atoms with E-state index in [1.807, 2.05) is 0 Å². The van der Waals surface area contributed by atoms with Gasteiger partial charge in [0.25, 0.3) is 7.37 Å². The van der Waals surface area contributed by atoms with Crippen molar-refractivity contribution in [3.05, 3.63) is 90.7 Å². The van der Waals surface area contributed by atoms with E-state index in [0.29, 0.717) is 23.6 Å². The summed E-state index contributed by atoms with van der Waals surface area (Å²) in [6.45, 7) is 3.37. The summed E-state index contributed by atoms with van der Waals surface area (Å²) in [5.74, 6) is -5.47. The number of amides is 4. The van der Waals surface area contributed by atoms with Crippen LogP contribution in [-0.4, -0.2) is 54.6 Å². The Morgan fingerprint density at radius 2 is 1.47 bits per heavy atom. The minimum atomic E-state index is -3.74. The first kappa shape index (κ1) is 35.2. The summed E-state index contributed by atoms with van der Waals surface area (Å²) in [5, 5.41) is 10.7. The maximum atomic E-state index is 14.3. The zero-order valence-corrected chi connectivity index (χ0v) is 27.0. The van der Waals surface area contributed by atoms with Gasteiger partial charge in [0.1, 0.15) is 18.5 Å². The van der Waals surface area contributed by atoms with Crippen molar-refractivity contribution in [2.24, 2.45) is 11.8 Å². The van der Waals surface area contributed by atoms with Crippen molar-refractivity contribution in [2.75, 3.05) is 18.5 Å². The van der Waals surface area contributed by atoms with Crippen molar-refractivity contribution in [1.82, 2.24) is 16.0 Å². The minimum absolute atomic E-state index is 0.0587. The topological polar surface area (TPSA) is 160 Å². The molecule has 1 unspecified atom stereocenters. The van der Waals surface area contributed by atoms with Crippen molar-refractivity contribution in [2.45, 2.75) is 45.2 Å². The van der Waals surface area contributed by atoms with Gasteiger partial charge < -0.3 is 25.8 Å². The third-order valence-corrected chi connectivity index (χ3v) is 10.1. The molecule has 1 heterocycles. The van der Waals surface area contributed by atoms with Gasteiger partial charge in [0, 0.05) is 23.1 Å². The number of Topliss-reactive ketones (excluding diaryl/α,β-unsaturated/α-hetero) is 1. The van der Waals surface area contributed by atoms with Gasteiger partial charge in [-0.1, -0.05) is 62.4 Å². The first-order valence-electron chi connectivity index (χ1n) is 15.3. The van der Waals surface area contributed by atoms with E-state index in [9.17, 15) is 32.9 Å². The molecule has 4 rings (SSSR count). The molecule has 1 fully saturated rings. The molecule has 0 bridgehead atoms. The van der Waals surface area contributed by atoms with E-state index in [1.54, 1.807) is 74.5 Å². The zero-order valence-electron chi connectivity index (χ0n) is 26.1. The molecule has 13 heteroatoms. The van der Waals surface area contributed by atoms with Crippen LogP contribution >= 0.6 is 7.37 Å². The van der Waals surface area contributed by atoms with Crippen molar-refractivity contribution in [3.8, 4) is 0 Å². The Bertz CT molecular complexity index is 1590. The largest absolute Gasteiger partial charge is 0.356 e. The van der Waals surface area contributed by atoms with Crippen LogP contribution in [0.1, 0.15) is 33.1 Å². The lowest BCUT2D eigenvalue weighted by atomic mass is 9.95. The number of halogens is 1. The van der Waals surface area contributed by atoms with Gasteiger partial charge in [-0.2, -0.15) is 0 Å². The summed E-state index contributed by atoms with van der Waals surface area (Å²) < 4.78 is 34.2. The summed E-state index contributed by atoms with van der Waals surface area (Å²) in [7, 11) is -3.74. The number of hydrogen-bond acceptors (Lipinski definition) is 7. The highest BCUT2D eigenvalue weighted by atomic mass is 31.2. The van der Waals surface area contributed by atoms with Crippen molar-refractivity contribution < 1.29 is 37.5 Å². The number of para-hydroxylation sites is 1. The minimum Gasteiger partial charge on any atom is -0.356 e. The van der Waals surface area contributed by atoms with Crippen LogP contribution in [0.4, 0.5) is 10.1 Å². The van der Waals surface area contributed by atoms with Crippen LogP contribution in [-0.2, 0) is 33.1 Å². The lowest BCUT2D eigenvalue weighted by Crippen LogP contribution is -2.54. The fraction of sp³-hybridized carbons (Fsp3) is 0.324. The molecule has 47 heavy (non-hydrogen) atoms. The molecule has 248 valence electrons. The summed E-state index contributed by atoms with van der Waals surface area (Å²) in [6, 6.07) is 19.7. The molecule has 0 saturated carbocycles. The molecule has 0 aliphatic carbocycles. The maximum Gasteiger partial charge on any atom is 0.313 e. The van der Waals surface area contributed by atoms with Gasteiger partial charge in [-0.05, 0) is 61.6 Å². The molecular formula is C34H38FN4O7P. The lowest BCUT2D eigenvalue weighted by Gasteiger charge is -2.26. The number of rotatable bonds is 14. The van der Waals surface area contributed by atoms with E-state index in [2.05, 4.69) is 21.3 Å². The van der Waals surface area contributed by atoms with Crippen LogP contribution in [0.15, 0.2) is 84.9 Å². The van der Waals surface area contributed by atoms with Gasteiger partial charge in [-0.25, -0.2) is 4.39 Å². The lowest BCUT2D eigenvalue weighted by molar-refractivity contribution is -0.138. The van der Waals surface area contributed by atoms with Gasteiger partial charge in [-0.3, -0.25) is 28.5 Å². The molecule has 0 aromatic heterocycles. The average molecular weight is 665 g/mol. The number of hydrogen-bond donors (Lipinski definition) is 4. The fourth-order valence-corrected chi connectivity index (χ4v) is 7.20. The number of carbonyl (C=O) groups excluding carboxylic acids is 5. The Labute approximate surface area is 272 Å². The Morgan fingerprint density at radius 3 is 2.02 bits per heavy atom. The van der Waals surface area contributed by atoms with Gasteiger partial charge in [-0.15, -0.1) is 0 Å². The van der Waals surface area contributed by atoms with Crippen LogP contribution < -0.4 is 31.9 Å². The van der Waals surface area contributed by atoms with Gasteiger partial charge in [0.15, 0.2) is 5.78 Å². The average Bonchev–Trinajstić information content (AvgIpc) is 3.48. The van der Waals surface area contributed by atoms with E-state index in [-0.39, 0.29) is 30.4 Å². The molecule has 3 aromatic rings. The molecule has 1 saturated heterocycles. The van der Waals surface area contributed by atoms with Crippen molar-refractivity contribution >= 4 is 53.1 Å². The monoisotopic (exact) mass is 664 g/mol. The second kappa shape index (κ2) is 16.2. The quantitative estimate of drug-likeness (QED) is 0.152. The highest BCUT2D eigenvalue weighted by Gasteiger charge is 2.36. The van der Waals surface area contributed by atoms with Crippen LogP contribution in [0, 0.1) is 17.7 Å². The van der Waals surface area contributed by atoms with E-state index >= 15 is 0 Å². The Morgan fingerprint density at radius 1 is 0.872 bits per heavy atom. The molecule has 1 aliphatic heterocycles. The first-order chi connectivity index (χ1) is 22.5. The van der Waals surface area contributed by atoms with E-state index in [4.69, 9.17) is 4.52 Å². The second-order valence-electron chi connectivity index (χ2n) is 11.6. The Balaban J connectivity index is 1.52. The van der Waals surface area contributed by atoms with Crippen molar-refractivity contribution in [1.29, 1.82) is 0 Å². The molecule has 1 aliphatic rings. The van der Waals surface area contributed by atoms with Crippen LogP contribution in [0.5, 0.6) is 0 Å². The number of nitrogens with one attached hydrogen (secondary N) is 4. The molecule has 4 N–H and O–H groups in total. The molecule has 3 atom stereocenters. The predicted molar refractivity (Wildman–Crippen MR) is 175 cm³/mol. The van der Waals surface area contributed by atoms with Crippen LogP contribution in [0.2, 0.25) is 0 Å². The summed E-state index contributed by atoms with van der Waals surface area (Å²) in [5.41, 5.74) is -0.207. The smallest absolute Gasteiger partial charge is 0.313 e. The van der Waals surface area contributed by atoms with E-state index < -0.39 is 61.3 Å². The van der Waals surface area contributed by atoms with Gasteiger partial charge >= 0.3 is 11.8 Å². The van der Waals surface area contributed by atoms with Crippen LogP contribution in [0.3, 0.4) is 0 Å². The normalized spacial score (nSPS) is 15.7. The SMILES string of the molecule is CC(C)C[C@H](NC(=O)C(=O)Nc1ccccc1F)C(=O)NC(C[C@@H]1CCNC1=O)C(=O)COP(=O)(c1ccccc1)c1ccccc1. The number of carbonyl (C=O) groups is 5. The third-order valence-electron chi connectivity index (χ3n) is 7.63. The molecule has 11 nitrogen and oxygen atoms in total. The molecule has 0 spiro atoms. The highest BCUT2D eigenvalue weighted by molar-refractivity contribution is 7.74. The first-order valence-corrected chi connectivity index (χ1v) is 16.9.